The summed E-state index contributed by atoms with van der Waals surface area (Å²) in [6.45, 7) is 0. The highest BCUT2D eigenvalue weighted by molar-refractivity contribution is 6.35. The maximum absolute atomic E-state index is 13.1. The Kier molecular flexibility index (Phi) is 4.34. The van der Waals surface area contributed by atoms with Gasteiger partial charge in [-0.1, -0.05) is 23.7 Å². The quantitative estimate of drug-likeness (QED) is 0.758. The number of carbonyl (C=O) groups is 1. The van der Waals surface area contributed by atoms with Gasteiger partial charge in [-0.15, -0.1) is 0 Å². The Morgan fingerprint density at radius 1 is 1.20 bits per heavy atom. The summed E-state index contributed by atoms with van der Waals surface area (Å²) in [5.74, 6) is -1.00. The van der Waals surface area contributed by atoms with Crippen molar-refractivity contribution in [3.05, 3.63) is 65.3 Å². The maximum Gasteiger partial charge on any atom is 0.396 e. The number of hydrogen-bond acceptors (Lipinski definition) is 3. The number of aromatic nitrogens is 2. The average molecular weight is 365 g/mol. The lowest BCUT2D eigenvalue weighted by molar-refractivity contribution is -0.0927. The number of hydrogen-bond donors (Lipinski definition) is 1. The largest absolute Gasteiger partial charge is 0.396 e. The molecular formula is C17H10ClF3N3O. The van der Waals surface area contributed by atoms with Crippen molar-refractivity contribution in [1.82, 2.24) is 9.97 Å². The van der Waals surface area contributed by atoms with E-state index in [9.17, 15) is 18.0 Å². The first kappa shape index (κ1) is 17.2. The lowest BCUT2D eigenvalue weighted by Gasteiger charge is -2.17. The molecule has 2 heterocycles. The van der Waals surface area contributed by atoms with Crippen molar-refractivity contribution in [2.75, 3.05) is 0 Å². The first-order valence-electron chi connectivity index (χ1n) is 7.03. The lowest BCUT2D eigenvalue weighted by atomic mass is 9.94. The Balaban J connectivity index is 2.45. The molecule has 0 saturated carbocycles. The molecule has 8 heteroatoms. The molecule has 4 nitrogen and oxygen atoms in total. The number of halogens is 4. The summed E-state index contributed by atoms with van der Waals surface area (Å²) in [4.78, 5) is 20.1. The number of para-hydroxylation sites is 1. The molecule has 0 bridgehead atoms. The van der Waals surface area contributed by atoms with Crippen molar-refractivity contribution in [2.24, 2.45) is 5.73 Å². The number of alkyl halides is 3. The van der Waals surface area contributed by atoms with Crippen LogP contribution in [0.5, 0.6) is 0 Å². The number of nitrogens with zero attached hydrogens (tertiary/aromatic N) is 2. The molecule has 1 radical (unpaired) electrons. The SMILES string of the molecule is NC(=O)c1c([CH]C(F)(F)F)c(-c2cccnc2)nc2c(Cl)cccc12. The van der Waals surface area contributed by atoms with Gasteiger partial charge in [-0.05, 0) is 18.2 Å². The number of amides is 1. The van der Waals surface area contributed by atoms with E-state index in [1.165, 1.54) is 36.7 Å². The molecule has 0 atom stereocenters. The molecule has 0 unspecified atom stereocenters. The van der Waals surface area contributed by atoms with Crippen LogP contribution < -0.4 is 5.73 Å². The molecule has 25 heavy (non-hydrogen) atoms. The van der Waals surface area contributed by atoms with Gasteiger partial charge < -0.3 is 5.73 Å². The van der Waals surface area contributed by atoms with Crippen LogP contribution in [-0.2, 0) is 0 Å². The second kappa shape index (κ2) is 6.33. The van der Waals surface area contributed by atoms with Gasteiger partial charge in [0.1, 0.15) is 0 Å². The van der Waals surface area contributed by atoms with Gasteiger partial charge in [0.05, 0.1) is 28.2 Å². The minimum Gasteiger partial charge on any atom is -0.366 e. The van der Waals surface area contributed by atoms with Gasteiger partial charge >= 0.3 is 6.18 Å². The third-order valence-corrected chi connectivity index (χ3v) is 3.80. The first-order valence-corrected chi connectivity index (χ1v) is 7.41. The second-order valence-electron chi connectivity index (χ2n) is 5.18. The Morgan fingerprint density at radius 2 is 1.96 bits per heavy atom. The van der Waals surface area contributed by atoms with E-state index >= 15 is 0 Å². The van der Waals surface area contributed by atoms with E-state index in [-0.39, 0.29) is 33.6 Å². The predicted octanol–water partition coefficient (Wildman–Crippen LogP) is 4.16. The fourth-order valence-corrected chi connectivity index (χ4v) is 2.78. The van der Waals surface area contributed by atoms with Crippen LogP contribution in [0.4, 0.5) is 13.2 Å². The molecule has 2 aromatic heterocycles. The number of primary amides is 1. The fourth-order valence-electron chi connectivity index (χ4n) is 2.56. The molecular weight excluding hydrogens is 355 g/mol. The minimum absolute atomic E-state index is 0.0166. The van der Waals surface area contributed by atoms with E-state index in [2.05, 4.69) is 9.97 Å². The van der Waals surface area contributed by atoms with E-state index in [0.717, 1.165) is 0 Å². The Hall–Kier alpha value is -2.67. The van der Waals surface area contributed by atoms with E-state index < -0.39 is 17.6 Å². The number of carbonyl (C=O) groups excluding carboxylic acids is 1. The van der Waals surface area contributed by atoms with Crippen LogP contribution in [0.15, 0.2) is 42.7 Å². The van der Waals surface area contributed by atoms with Gasteiger partial charge in [0.25, 0.3) is 0 Å². The molecule has 0 aliphatic heterocycles. The van der Waals surface area contributed by atoms with Crippen LogP contribution in [-0.4, -0.2) is 22.1 Å². The number of fused-ring (bicyclic) bond motifs is 1. The zero-order chi connectivity index (χ0) is 18.2. The molecule has 1 aromatic carbocycles. The monoisotopic (exact) mass is 364 g/mol. The molecule has 0 saturated heterocycles. The Morgan fingerprint density at radius 3 is 2.56 bits per heavy atom. The highest BCUT2D eigenvalue weighted by Gasteiger charge is 2.34. The third kappa shape index (κ3) is 3.41. The van der Waals surface area contributed by atoms with Gasteiger partial charge in [0.15, 0.2) is 0 Å². The van der Waals surface area contributed by atoms with Crippen molar-refractivity contribution < 1.29 is 18.0 Å². The first-order chi connectivity index (χ1) is 11.8. The van der Waals surface area contributed by atoms with Crippen molar-refractivity contribution in [1.29, 1.82) is 0 Å². The van der Waals surface area contributed by atoms with Crippen LogP contribution in [0.25, 0.3) is 22.2 Å². The number of nitrogens with two attached hydrogens (primary N) is 1. The Bertz CT molecular complexity index is 959. The molecule has 0 aliphatic rings. The lowest BCUT2D eigenvalue weighted by Crippen LogP contribution is -2.19. The highest BCUT2D eigenvalue weighted by Crippen LogP contribution is 2.37. The summed E-state index contributed by atoms with van der Waals surface area (Å²) >= 11 is 6.12. The van der Waals surface area contributed by atoms with Crippen molar-refractivity contribution in [3.8, 4) is 11.3 Å². The number of rotatable bonds is 3. The molecule has 0 fully saturated rings. The third-order valence-electron chi connectivity index (χ3n) is 3.49. The predicted molar refractivity (Wildman–Crippen MR) is 88.0 cm³/mol. The van der Waals surface area contributed by atoms with Crippen LogP contribution in [0.2, 0.25) is 5.02 Å². The van der Waals surface area contributed by atoms with Crippen molar-refractivity contribution in [3.63, 3.8) is 0 Å². The van der Waals surface area contributed by atoms with Crippen molar-refractivity contribution in [2.45, 2.75) is 6.18 Å². The van der Waals surface area contributed by atoms with E-state index in [1.807, 2.05) is 0 Å². The summed E-state index contributed by atoms with van der Waals surface area (Å²) in [5, 5.41) is 0.354. The zero-order valence-electron chi connectivity index (χ0n) is 12.5. The number of pyridine rings is 2. The molecule has 0 aliphatic carbocycles. The van der Waals surface area contributed by atoms with Gasteiger partial charge in [-0.3, -0.25) is 9.78 Å². The standard InChI is InChI=1S/C17H10ClF3N3O/c18-12-5-1-4-10-13(16(22)25)11(7-17(19,20)21)14(24-15(10)12)9-3-2-6-23-8-9/h1-8H,(H2,22,25). The summed E-state index contributed by atoms with van der Waals surface area (Å²) < 4.78 is 39.2. The summed E-state index contributed by atoms with van der Waals surface area (Å²) in [6.07, 6.45) is -1.83. The number of benzene rings is 1. The van der Waals surface area contributed by atoms with Crippen LogP contribution in [0, 0.1) is 6.42 Å². The highest BCUT2D eigenvalue weighted by atomic mass is 35.5. The molecule has 3 rings (SSSR count). The summed E-state index contributed by atoms with van der Waals surface area (Å²) in [6, 6.07) is 7.59. The van der Waals surface area contributed by atoms with Crippen LogP contribution in [0.1, 0.15) is 15.9 Å². The minimum atomic E-state index is -4.67. The van der Waals surface area contributed by atoms with E-state index in [0.29, 0.717) is 5.56 Å². The molecule has 3 aromatic rings. The fraction of sp³-hybridized carbons (Fsp3) is 0.0588. The molecule has 2 N–H and O–H groups in total. The van der Waals surface area contributed by atoms with E-state index in [1.54, 1.807) is 6.07 Å². The smallest absolute Gasteiger partial charge is 0.366 e. The van der Waals surface area contributed by atoms with Crippen LogP contribution in [0.3, 0.4) is 0 Å². The molecule has 0 spiro atoms. The second-order valence-corrected chi connectivity index (χ2v) is 5.58. The van der Waals surface area contributed by atoms with Gasteiger partial charge in [0, 0.05) is 28.9 Å². The van der Waals surface area contributed by atoms with Gasteiger partial charge in [-0.25, -0.2) is 4.98 Å². The molecule has 1 amide bonds. The van der Waals surface area contributed by atoms with Gasteiger partial charge in [0.2, 0.25) is 5.91 Å². The topological polar surface area (TPSA) is 68.9 Å². The molecule has 127 valence electrons. The normalized spacial score (nSPS) is 11.7. The summed E-state index contributed by atoms with van der Waals surface area (Å²) in [7, 11) is 0. The maximum atomic E-state index is 13.1. The average Bonchev–Trinajstić information content (AvgIpc) is 2.53. The van der Waals surface area contributed by atoms with E-state index in [4.69, 9.17) is 17.3 Å². The zero-order valence-corrected chi connectivity index (χ0v) is 13.3. The summed E-state index contributed by atoms with van der Waals surface area (Å²) in [5.41, 5.74) is 5.11. The van der Waals surface area contributed by atoms with Gasteiger partial charge in [-0.2, -0.15) is 13.2 Å². The Labute approximate surface area is 145 Å². The van der Waals surface area contributed by atoms with Crippen molar-refractivity contribution >= 4 is 28.4 Å². The van der Waals surface area contributed by atoms with Crippen LogP contribution >= 0.6 is 11.6 Å².